The van der Waals surface area contributed by atoms with Crippen molar-refractivity contribution >= 4 is 23.0 Å². The average molecular weight is 375 g/mol. The molecule has 4 nitrogen and oxygen atoms in total. The topological polar surface area (TPSA) is 55.6 Å². The van der Waals surface area contributed by atoms with Crippen LogP contribution in [0.3, 0.4) is 0 Å². The number of allylic oxidation sites excluding steroid dienone is 3. The Morgan fingerprint density at radius 1 is 1.15 bits per heavy atom. The summed E-state index contributed by atoms with van der Waals surface area (Å²) in [6.07, 6.45) is 5.81. The number of nitrogens with one attached hydrogen (secondary N) is 1. The predicted octanol–water partition coefficient (Wildman–Crippen LogP) is 4.84. The number of ether oxygens (including phenoxy) is 1. The van der Waals surface area contributed by atoms with E-state index in [-0.39, 0.29) is 11.9 Å². The minimum Gasteiger partial charge on any atom is -0.675 e. The number of rotatable bonds is 2. The third-order valence-electron chi connectivity index (χ3n) is 4.84. The number of anilines is 1. The Morgan fingerprint density at radius 2 is 2.04 bits per heavy atom. The average Bonchev–Trinajstić information content (AvgIpc) is 2.73. The summed E-state index contributed by atoms with van der Waals surface area (Å²) in [6.45, 7) is 1.01. The van der Waals surface area contributed by atoms with Gasteiger partial charge in [-0.15, -0.1) is 24.4 Å². The largest absolute Gasteiger partial charge is 0.675 e. The first kappa shape index (κ1) is 16.5. The molecule has 0 aromatic heterocycles. The van der Waals surface area contributed by atoms with E-state index in [0.29, 0.717) is 0 Å². The predicted molar refractivity (Wildman–Crippen MR) is 111 cm³/mol. The summed E-state index contributed by atoms with van der Waals surface area (Å²) in [5.41, 5.74) is 5.59. The molecular formula is C22H19N2O2S-. The maximum atomic E-state index is 9.86. The smallest absolute Gasteiger partial charge is 0.159 e. The molecule has 5 heteroatoms. The van der Waals surface area contributed by atoms with Gasteiger partial charge >= 0.3 is 0 Å². The fourth-order valence-corrected chi connectivity index (χ4v) is 4.82. The molecule has 2 aromatic rings. The van der Waals surface area contributed by atoms with Gasteiger partial charge in [0.2, 0.25) is 0 Å². The molecule has 2 aromatic carbocycles. The molecule has 3 aliphatic rings. The minimum absolute atomic E-state index is 0.174. The van der Waals surface area contributed by atoms with Gasteiger partial charge in [-0.25, -0.2) is 0 Å². The molecule has 3 aliphatic heterocycles. The van der Waals surface area contributed by atoms with E-state index in [9.17, 15) is 5.11 Å². The molecule has 0 amide bonds. The lowest BCUT2D eigenvalue weighted by Crippen LogP contribution is -2.30. The molecule has 0 bridgehead atoms. The van der Waals surface area contributed by atoms with Crippen LogP contribution in [0.4, 0.5) is 5.69 Å². The molecule has 5 rings (SSSR count). The maximum Gasteiger partial charge on any atom is 0.159 e. The third kappa shape index (κ3) is 3.13. The van der Waals surface area contributed by atoms with Gasteiger partial charge in [0, 0.05) is 0 Å². The van der Waals surface area contributed by atoms with E-state index in [2.05, 4.69) is 65.3 Å². The second kappa shape index (κ2) is 6.83. The lowest BCUT2D eigenvalue weighted by Gasteiger charge is -2.37. The normalized spacial score (nSPS) is 23.4. The summed E-state index contributed by atoms with van der Waals surface area (Å²) in [5, 5.41) is 18.9. The van der Waals surface area contributed by atoms with Crippen LogP contribution in [0.1, 0.15) is 16.4 Å². The highest BCUT2D eigenvalue weighted by Gasteiger charge is 2.25. The van der Waals surface area contributed by atoms with Crippen molar-refractivity contribution in [2.24, 2.45) is 0 Å². The number of thioether (sulfide) groups is 1. The van der Waals surface area contributed by atoms with E-state index in [1.807, 2.05) is 12.1 Å². The first-order valence-electron chi connectivity index (χ1n) is 9.01. The molecule has 2 atom stereocenters. The molecule has 136 valence electrons. The molecule has 0 saturated heterocycles. The van der Waals surface area contributed by atoms with Gasteiger partial charge in [0.15, 0.2) is 6.23 Å². The summed E-state index contributed by atoms with van der Waals surface area (Å²) >= 11 is 1.80. The summed E-state index contributed by atoms with van der Waals surface area (Å²) in [5.74, 6) is 0.775. The molecular weight excluding hydrogens is 356 g/mol. The van der Waals surface area contributed by atoms with Gasteiger partial charge in [0.05, 0.1) is 10.9 Å². The van der Waals surface area contributed by atoms with Crippen LogP contribution in [0.25, 0.3) is 10.9 Å². The van der Waals surface area contributed by atoms with Crippen molar-refractivity contribution in [2.45, 2.75) is 11.5 Å². The fraction of sp³-hybridized carbons (Fsp3) is 0.182. The minimum atomic E-state index is -0.679. The molecule has 0 radical (unpaired) electrons. The van der Waals surface area contributed by atoms with Crippen molar-refractivity contribution in [3.05, 3.63) is 93.8 Å². The molecule has 0 fully saturated rings. The third-order valence-corrected chi connectivity index (χ3v) is 6.19. The van der Waals surface area contributed by atoms with Crippen molar-refractivity contribution in [2.75, 3.05) is 18.5 Å². The van der Waals surface area contributed by atoms with E-state index < -0.39 is 6.23 Å². The van der Waals surface area contributed by atoms with E-state index >= 15 is 0 Å². The summed E-state index contributed by atoms with van der Waals surface area (Å²) in [4.78, 5) is 0. The maximum absolute atomic E-state index is 9.86. The zero-order chi connectivity index (χ0) is 18.2. The zero-order valence-electron chi connectivity index (χ0n) is 14.6. The molecule has 2 N–H and O–H groups in total. The Bertz CT molecular complexity index is 966. The van der Waals surface area contributed by atoms with Crippen molar-refractivity contribution < 1.29 is 9.84 Å². The fourth-order valence-electron chi connectivity index (χ4n) is 3.56. The van der Waals surface area contributed by atoms with Crippen molar-refractivity contribution in [1.82, 2.24) is 0 Å². The highest BCUT2D eigenvalue weighted by atomic mass is 32.2. The van der Waals surface area contributed by atoms with Gasteiger partial charge in [-0.3, -0.25) is 0 Å². The zero-order valence-corrected chi connectivity index (χ0v) is 15.4. The van der Waals surface area contributed by atoms with Crippen LogP contribution >= 0.6 is 11.8 Å². The Balaban J connectivity index is 1.60. The number of hydrogen-bond acceptors (Lipinski definition) is 4. The number of aliphatic hydroxyl groups excluding tert-OH is 1. The molecule has 0 spiro atoms. The number of aliphatic hydroxyl groups is 1. The van der Waals surface area contributed by atoms with Crippen LogP contribution in [0.15, 0.2) is 77.4 Å². The second-order valence-electron chi connectivity index (χ2n) is 6.69. The highest BCUT2D eigenvalue weighted by Crippen LogP contribution is 2.52. The van der Waals surface area contributed by atoms with Crippen molar-refractivity contribution in [3.8, 4) is 5.75 Å². The lowest BCUT2D eigenvalue weighted by atomic mass is 9.94. The van der Waals surface area contributed by atoms with Crippen molar-refractivity contribution in [3.63, 3.8) is 0 Å². The van der Waals surface area contributed by atoms with Crippen LogP contribution in [0, 0.1) is 0 Å². The lowest BCUT2D eigenvalue weighted by molar-refractivity contribution is 0.119. The second-order valence-corrected chi connectivity index (χ2v) is 7.79. The number of nitrogens with zero attached hydrogens (tertiary/aromatic N) is 1. The van der Waals surface area contributed by atoms with E-state index in [1.165, 1.54) is 11.1 Å². The van der Waals surface area contributed by atoms with Crippen LogP contribution in [0.2, 0.25) is 0 Å². The van der Waals surface area contributed by atoms with Gasteiger partial charge in [-0.05, 0) is 34.4 Å². The summed E-state index contributed by atoms with van der Waals surface area (Å²) in [6, 6.07) is 16.7. The molecule has 27 heavy (non-hydrogen) atoms. The molecule has 0 aliphatic carbocycles. The Morgan fingerprint density at radius 3 is 2.93 bits per heavy atom. The van der Waals surface area contributed by atoms with Gasteiger partial charge in [0.25, 0.3) is 0 Å². The van der Waals surface area contributed by atoms with E-state index in [0.717, 1.165) is 34.1 Å². The first-order chi connectivity index (χ1) is 13.3. The molecule has 3 heterocycles. The highest BCUT2D eigenvalue weighted by molar-refractivity contribution is 8.04. The quantitative estimate of drug-likeness (QED) is 0.789. The number of fused-ring (bicyclic) bond motifs is 1. The first-order valence-corrected chi connectivity index (χ1v) is 9.89. The monoisotopic (exact) mass is 375 g/mol. The van der Waals surface area contributed by atoms with Gasteiger partial charge in [-0.2, -0.15) is 0 Å². The van der Waals surface area contributed by atoms with Crippen molar-refractivity contribution in [1.29, 1.82) is 0 Å². The number of hydrogen-bond donors (Lipinski definition) is 2. The Labute approximate surface area is 162 Å². The Hall–Kier alpha value is -2.63. The van der Waals surface area contributed by atoms with Gasteiger partial charge in [-0.1, -0.05) is 53.6 Å². The van der Waals surface area contributed by atoms with Crippen LogP contribution < -0.4 is 10.1 Å². The van der Waals surface area contributed by atoms with Crippen LogP contribution in [-0.4, -0.2) is 24.5 Å². The molecule has 0 saturated carbocycles. The van der Waals surface area contributed by atoms with Gasteiger partial charge in [0.1, 0.15) is 12.4 Å². The SMILES string of the molecule is OC1COc2ccc(C3=CC4=C([N-]CC=C4)SC3c3ccccc3)cc2N1. The van der Waals surface area contributed by atoms with E-state index in [1.54, 1.807) is 11.8 Å². The Kier molecular flexibility index (Phi) is 4.19. The number of benzene rings is 2. The van der Waals surface area contributed by atoms with E-state index in [4.69, 9.17) is 4.74 Å². The summed E-state index contributed by atoms with van der Waals surface area (Å²) < 4.78 is 5.60. The molecule has 2 unspecified atom stereocenters. The van der Waals surface area contributed by atoms with Crippen LogP contribution in [0.5, 0.6) is 5.75 Å². The van der Waals surface area contributed by atoms with Crippen LogP contribution in [-0.2, 0) is 0 Å². The summed E-state index contributed by atoms with van der Waals surface area (Å²) in [7, 11) is 0. The standard InChI is InChI=1S/C22H19N2O2S/c25-20-13-26-19-9-8-15(12-18(19)24-20)17-11-16-7-4-10-23-22(16)27-21(17)14-5-2-1-3-6-14/h1-9,11-12,20-21,24-25H,10,13H2/q-1. The van der Waals surface area contributed by atoms with Gasteiger partial charge < -0.3 is 20.5 Å².